The molecule has 1 atom stereocenters. The van der Waals surface area contributed by atoms with E-state index in [2.05, 4.69) is 10.5 Å². The number of nitrogens with one attached hydrogen (secondary N) is 1. The Kier molecular flexibility index (Phi) is 6.54. The van der Waals surface area contributed by atoms with Crippen LogP contribution >= 0.6 is 0 Å². The van der Waals surface area contributed by atoms with E-state index in [1.54, 1.807) is 40.1 Å². The molecule has 138 valence electrons. The van der Waals surface area contributed by atoms with Crippen LogP contribution in [-0.4, -0.2) is 42.1 Å². The van der Waals surface area contributed by atoms with E-state index in [1.807, 2.05) is 24.3 Å². The number of methoxy groups -OCH3 is 1. The first kappa shape index (κ1) is 19.2. The van der Waals surface area contributed by atoms with Gasteiger partial charge in [0.2, 0.25) is 11.8 Å². The summed E-state index contributed by atoms with van der Waals surface area (Å²) in [5.74, 6) is 0.881. The lowest BCUT2D eigenvalue weighted by atomic mass is 10.2. The van der Waals surface area contributed by atoms with Gasteiger partial charge in [0, 0.05) is 19.2 Å². The maximum absolute atomic E-state index is 12.3. The molecule has 7 heteroatoms. The fraction of sp³-hybridized carbons (Fsp3) is 0.316. The second kappa shape index (κ2) is 8.84. The summed E-state index contributed by atoms with van der Waals surface area (Å²) in [5, 5.41) is 6.52. The van der Waals surface area contributed by atoms with Crippen molar-refractivity contribution < 1.29 is 18.8 Å². The zero-order chi connectivity index (χ0) is 19.1. The molecular formula is C19H23N3O4. The van der Waals surface area contributed by atoms with Crippen LogP contribution in [0.15, 0.2) is 40.9 Å². The van der Waals surface area contributed by atoms with Crippen LogP contribution in [0, 0.1) is 6.92 Å². The molecule has 0 aliphatic rings. The molecule has 1 unspecified atom stereocenters. The molecule has 2 amide bonds. The Morgan fingerprint density at radius 3 is 2.62 bits per heavy atom. The Hall–Kier alpha value is -3.09. The van der Waals surface area contributed by atoms with Crippen molar-refractivity contribution in [1.82, 2.24) is 15.4 Å². The molecule has 1 aromatic carbocycles. The van der Waals surface area contributed by atoms with Gasteiger partial charge in [-0.2, -0.15) is 0 Å². The third kappa shape index (κ3) is 5.47. The Balaban J connectivity index is 1.86. The van der Waals surface area contributed by atoms with Gasteiger partial charge in [0.25, 0.3) is 0 Å². The normalized spacial score (nSPS) is 12.0. The van der Waals surface area contributed by atoms with Crippen molar-refractivity contribution in [3.8, 4) is 5.75 Å². The molecule has 1 heterocycles. The second-order valence-electron chi connectivity index (χ2n) is 5.96. The molecule has 0 bridgehead atoms. The second-order valence-corrected chi connectivity index (χ2v) is 5.96. The number of carbonyl (C=O) groups excluding carboxylic acids is 2. The van der Waals surface area contributed by atoms with Crippen LogP contribution in [0.3, 0.4) is 0 Å². The average molecular weight is 357 g/mol. The van der Waals surface area contributed by atoms with Gasteiger partial charge >= 0.3 is 0 Å². The molecule has 2 rings (SSSR count). The molecular weight excluding hydrogens is 334 g/mol. The monoisotopic (exact) mass is 357 g/mol. The first-order valence-electron chi connectivity index (χ1n) is 8.19. The largest absolute Gasteiger partial charge is 0.497 e. The van der Waals surface area contributed by atoms with Crippen molar-refractivity contribution in [2.45, 2.75) is 26.4 Å². The number of ether oxygens (including phenoxy) is 1. The van der Waals surface area contributed by atoms with Gasteiger partial charge in [-0.1, -0.05) is 17.3 Å². The summed E-state index contributed by atoms with van der Waals surface area (Å²) in [7, 11) is 3.25. The Morgan fingerprint density at radius 1 is 1.35 bits per heavy atom. The molecule has 0 aliphatic heterocycles. The minimum atomic E-state index is -0.652. The number of nitrogens with zero attached hydrogens (tertiary/aromatic N) is 2. The lowest BCUT2D eigenvalue weighted by molar-refractivity contribution is -0.134. The fourth-order valence-corrected chi connectivity index (χ4v) is 2.35. The molecule has 2 aromatic rings. The van der Waals surface area contributed by atoms with E-state index in [0.29, 0.717) is 18.0 Å². The Labute approximate surface area is 152 Å². The zero-order valence-electron chi connectivity index (χ0n) is 15.4. The molecule has 0 aliphatic carbocycles. The summed E-state index contributed by atoms with van der Waals surface area (Å²) >= 11 is 0. The van der Waals surface area contributed by atoms with Crippen LogP contribution in [0.25, 0.3) is 6.08 Å². The maximum Gasteiger partial charge on any atom is 0.244 e. The lowest BCUT2D eigenvalue weighted by Crippen LogP contribution is -2.44. The summed E-state index contributed by atoms with van der Waals surface area (Å²) in [5.41, 5.74) is 1.52. The van der Waals surface area contributed by atoms with Crippen molar-refractivity contribution in [2.24, 2.45) is 0 Å². The molecule has 0 spiro atoms. The van der Waals surface area contributed by atoms with Gasteiger partial charge in [-0.05, 0) is 37.6 Å². The number of hydrogen-bond donors (Lipinski definition) is 1. The minimum Gasteiger partial charge on any atom is -0.497 e. The summed E-state index contributed by atoms with van der Waals surface area (Å²) in [6.07, 6.45) is 3.07. The SMILES string of the molecule is COc1ccc(/C=C/C(=O)NC(C)C(=O)N(C)Cc2cc(C)on2)cc1. The first-order chi connectivity index (χ1) is 12.4. The highest BCUT2D eigenvalue weighted by Crippen LogP contribution is 2.12. The predicted molar refractivity (Wildman–Crippen MR) is 97.3 cm³/mol. The number of aromatic nitrogens is 1. The number of carbonyl (C=O) groups is 2. The standard InChI is InChI=1S/C19H23N3O4/c1-13-11-16(21-26-13)12-22(3)19(24)14(2)20-18(23)10-7-15-5-8-17(25-4)9-6-15/h5-11,14H,12H2,1-4H3,(H,20,23)/b10-7+. The van der Waals surface area contributed by atoms with E-state index in [1.165, 1.54) is 11.0 Å². The number of aryl methyl sites for hydroxylation is 1. The fourth-order valence-electron chi connectivity index (χ4n) is 2.35. The quantitative estimate of drug-likeness (QED) is 0.768. The van der Waals surface area contributed by atoms with Crippen molar-refractivity contribution in [2.75, 3.05) is 14.2 Å². The number of hydrogen-bond acceptors (Lipinski definition) is 5. The number of amides is 2. The van der Waals surface area contributed by atoms with Gasteiger partial charge in [0.15, 0.2) is 0 Å². The van der Waals surface area contributed by atoms with Crippen LogP contribution < -0.4 is 10.1 Å². The van der Waals surface area contributed by atoms with Gasteiger partial charge in [0.1, 0.15) is 23.2 Å². The van der Waals surface area contributed by atoms with Crippen molar-refractivity contribution in [3.05, 3.63) is 53.4 Å². The van der Waals surface area contributed by atoms with Crippen molar-refractivity contribution in [3.63, 3.8) is 0 Å². The molecule has 0 radical (unpaired) electrons. The first-order valence-corrected chi connectivity index (χ1v) is 8.19. The van der Waals surface area contributed by atoms with E-state index in [4.69, 9.17) is 9.26 Å². The predicted octanol–water partition coefficient (Wildman–Crippen LogP) is 2.17. The number of likely N-dealkylation sites (N-methyl/N-ethyl adjacent to an activating group) is 1. The van der Waals surface area contributed by atoms with Gasteiger partial charge < -0.3 is 19.5 Å². The van der Waals surface area contributed by atoms with E-state index in [-0.39, 0.29) is 11.8 Å². The van der Waals surface area contributed by atoms with Crippen molar-refractivity contribution >= 4 is 17.9 Å². The van der Waals surface area contributed by atoms with Crippen LogP contribution in [0.4, 0.5) is 0 Å². The Bertz CT molecular complexity index is 780. The minimum absolute atomic E-state index is 0.211. The van der Waals surface area contributed by atoms with Crippen LogP contribution in [-0.2, 0) is 16.1 Å². The summed E-state index contributed by atoms with van der Waals surface area (Å²) < 4.78 is 10.1. The summed E-state index contributed by atoms with van der Waals surface area (Å²) in [4.78, 5) is 25.9. The van der Waals surface area contributed by atoms with E-state index in [0.717, 1.165) is 11.3 Å². The molecule has 0 saturated carbocycles. The highest BCUT2D eigenvalue weighted by molar-refractivity contribution is 5.95. The number of rotatable bonds is 7. The van der Waals surface area contributed by atoms with Gasteiger partial charge in [-0.25, -0.2) is 0 Å². The smallest absolute Gasteiger partial charge is 0.244 e. The highest BCUT2D eigenvalue weighted by atomic mass is 16.5. The summed E-state index contributed by atoms with van der Waals surface area (Å²) in [6, 6.07) is 8.41. The molecule has 1 aromatic heterocycles. The van der Waals surface area contributed by atoms with Crippen LogP contribution in [0.5, 0.6) is 5.75 Å². The van der Waals surface area contributed by atoms with Gasteiger partial charge in [0.05, 0.1) is 13.7 Å². The highest BCUT2D eigenvalue weighted by Gasteiger charge is 2.19. The van der Waals surface area contributed by atoms with Gasteiger partial charge in [-0.3, -0.25) is 9.59 Å². The van der Waals surface area contributed by atoms with Gasteiger partial charge in [-0.15, -0.1) is 0 Å². The van der Waals surface area contributed by atoms with Crippen LogP contribution in [0.1, 0.15) is 23.9 Å². The third-order valence-electron chi connectivity index (χ3n) is 3.72. The average Bonchev–Trinajstić information content (AvgIpc) is 3.04. The molecule has 0 saturated heterocycles. The van der Waals surface area contributed by atoms with E-state index >= 15 is 0 Å². The maximum atomic E-state index is 12.3. The molecule has 1 N–H and O–H groups in total. The summed E-state index contributed by atoms with van der Waals surface area (Å²) in [6.45, 7) is 3.75. The van der Waals surface area contributed by atoms with Crippen LogP contribution in [0.2, 0.25) is 0 Å². The Morgan fingerprint density at radius 2 is 2.04 bits per heavy atom. The lowest BCUT2D eigenvalue weighted by Gasteiger charge is -2.20. The van der Waals surface area contributed by atoms with Crippen molar-refractivity contribution in [1.29, 1.82) is 0 Å². The molecule has 0 fully saturated rings. The topological polar surface area (TPSA) is 84.7 Å². The zero-order valence-corrected chi connectivity index (χ0v) is 15.4. The number of benzene rings is 1. The molecule has 26 heavy (non-hydrogen) atoms. The third-order valence-corrected chi connectivity index (χ3v) is 3.72. The molecule has 7 nitrogen and oxygen atoms in total. The van der Waals surface area contributed by atoms with E-state index in [9.17, 15) is 9.59 Å². The van der Waals surface area contributed by atoms with E-state index < -0.39 is 6.04 Å².